The lowest BCUT2D eigenvalue weighted by atomic mass is 10.1. The van der Waals surface area contributed by atoms with E-state index in [4.69, 9.17) is 9.84 Å². The minimum Gasteiger partial charge on any atom is -0.478 e. The van der Waals surface area contributed by atoms with E-state index in [0.717, 1.165) is 31.6 Å². The summed E-state index contributed by atoms with van der Waals surface area (Å²) in [7, 11) is 0. The van der Waals surface area contributed by atoms with Crippen LogP contribution < -0.4 is 0 Å². The van der Waals surface area contributed by atoms with Crippen molar-refractivity contribution in [3.63, 3.8) is 0 Å². The summed E-state index contributed by atoms with van der Waals surface area (Å²) < 4.78 is 6.05. The molecule has 0 aliphatic rings. The molecule has 0 heterocycles. The summed E-state index contributed by atoms with van der Waals surface area (Å²) in [5.41, 5.74) is 2.66. The standard InChI is InChI=1S/C24H33NO3/c1-3-5-6-10-17-25(18-20-13-15-22(16-14-20)24(26)27)19-23(28-4-2)21-11-8-7-9-12-21/h7-9,11-16,23H,3-6,10,17-19H2,1-2H3,(H,26,27). The molecule has 0 radical (unpaired) electrons. The number of aromatic carboxylic acids is 1. The second-order valence-corrected chi connectivity index (χ2v) is 7.15. The maximum Gasteiger partial charge on any atom is 0.335 e. The van der Waals surface area contributed by atoms with Gasteiger partial charge >= 0.3 is 5.97 Å². The number of ether oxygens (including phenoxy) is 1. The predicted octanol–water partition coefficient (Wildman–Crippen LogP) is 5.54. The molecule has 152 valence electrons. The van der Waals surface area contributed by atoms with Crippen LogP contribution in [0.1, 0.15) is 67.1 Å². The molecular weight excluding hydrogens is 350 g/mol. The molecule has 2 rings (SSSR count). The van der Waals surface area contributed by atoms with Gasteiger partial charge in [-0.15, -0.1) is 0 Å². The predicted molar refractivity (Wildman–Crippen MR) is 114 cm³/mol. The van der Waals surface area contributed by atoms with Gasteiger partial charge in [-0.2, -0.15) is 0 Å². The Morgan fingerprint density at radius 3 is 2.32 bits per heavy atom. The van der Waals surface area contributed by atoms with Crippen molar-refractivity contribution in [3.05, 3.63) is 71.3 Å². The first kappa shape index (κ1) is 22.1. The summed E-state index contributed by atoms with van der Waals surface area (Å²) in [6.45, 7) is 7.56. The third kappa shape index (κ3) is 7.45. The Morgan fingerprint density at radius 1 is 1.00 bits per heavy atom. The number of nitrogens with zero attached hydrogens (tertiary/aromatic N) is 1. The highest BCUT2D eigenvalue weighted by Gasteiger charge is 2.17. The van der Waals surface area contributed by atoms with Gasteiger partial charge in [0, 0.05) is 19.7 Å². The number of hydrogen-bond acceptors (Lipinski definition) is 3. The molecule has 0 fully saturated rings. The van der Waals surface area contributed by atoms with Gasteiger partial charge < -0.3 is 9.84 Å². The lowest BCUT2D eigenvalue weighted by Crippen LogP contribution is -2.30. The van der Waals surface area contributed by atoms with Gasteiger partial charge in [0.05, 0.1) is 11.7 Å². The molecule has 0 saturated carbocycles. The van der Waals surface area contributed by atoms with Crippen molar-refractivity contribution in [1.82, 2.24) is 4.90 Å². The van der Waals surface area contributed by atoms with Gasteiger partial charge in [-0.1, -0.05) is 68.7 Å². The number of carbonyl (C=O) groups is 1. The Hall–Kier alpha value is -2.17. The van der Waals surface area contributed by atoms with Crippen molar-refractivity contribution in [1.29, 1.82) is 0 Å². The summed E-state index contributed by atoms with van der Waals surface area (Å²) in [6, 6.07) is 17.6. The number of unbranched alkanes of at least 4 members (excludes halogenated alkanes) is 3. The van der Waals surface area contributed by atoms with Gasteiger partial charge in [0.2, 0.25) is 0 Å². The minimum absolute atomic E-state index is 0.0377. The quantitative estimate of drug-likeness (QED) is 0.461. The largest absolute Gasteiger partial charge is 0.478 e. The first-order chi connectivity index (χ1) is 13.6. The molecule has 0 bridgehead atoms. The van der Waals surface area contributed by atoms with E-state index in [2.05, 4.69) is 36.1 Å². The van der Waals surface area contributed by atoms with Gasteiger partial charge in [0.25, 0.3) is 0 Å². The van der Waals surface area contributed by atoms with Crippen LogP contribution in [0, 0.1) is 0 Å². The zero-order valence-corrected chi connectivity index (χ0v) is 17.1. The van der Waals surface area contributed by atoms with E-state index in [9.17, 15) is 4.79 Å². The highest BCUT2D eigenvalue weighted by molar-refractivity contribution is 5.87. The Morgan fingerprint density at radius 2 is 1.71 bits per heavy atom. The van der Waals surface area contributed by atoms with E-state index in [1.165, 1.54) is 24.8 Å². The summed E-state index contributed by atoms with van der Waals surface area (Å²) >= 11 is 0. The molecule has 2 aromatic carbocycles. The average Bonchev–Trinajstić information content (AvgIpc) is 2.71. The number of carboxylic acid groups (broad SMARTS) is 1. The van der Waals surface area contributed by atoms with Crippen LogP contribution >= 0.6 is 0 Å². The molecule has 1 atom stereocenters. The maximum atomic E-state index is 11.1. The van der Waals surface area contributed by atoms with Crippen LogP contribution in [0.25, 0.3) is 0 Å². The Bertz CT molecular complexity index is 685. The molecule has 0 saturated heterocycles. The van der Waals surface area contributed by atoms with Gasteiger partial charge in [-0.25, -0.2) is 4.79 Å². The van der Waals surface area contributed by atoms with Crippen LogP contribution in [0.3, 0.4) is 0 Å². The number of rotatable bonds is 13. The van der Waals surface area contributed by atoms with Crippen LogP contribution in [0.5, 0.6) is 0 Å². The second kappa shape index (κ2) is 12.3. The summed E-state index contributed by atoms with van der Waals surface area (Å²) in [5, 5.41) is 9.10. The molecule has 0 aliphatic heterocycles. The van der Waals surface area contributed by atoms with Crippen LogP contribution in [-0.2, 0) is 11.3 Å². The smallest absolute Gasteiger partial charge is 0.335 e. The maximum absolute atomic E-state index is 11.1. The molecular formula is C24H33NO3. The fourth-order valence-electron chi connectivity index (χ4n) is 3.37. The Labute approximate surface area is 169 Å². The third-order valence-corrected chi connectivity index (χ3v) is 4.90. The highest BCUT2D eigenvalue weighted by atomic mass is 16.5. The van der Waals surface area contributed by atoms with Crippen LogP contribution in [0.4, 0.5) is 0 Å². The molecule has 1 unspecified atom stereocenters. The number of carboxylic acids is 1. The lowest BCUT2D eigenvalue weighted by molar-refractivity contribution is 0.0299. The molecule has 2 aromatic rings. The zero-order chi connectivity index (χ0) is 20.2. The van der Waals surface area contributed by atoms with E-state index in [-0.39, 0.29) is 6.10 Å². The molecule has 4 nitrogen and oxygen atoms in total. The first-order valence-corrected chi connectivity index (χ1v) is 10.3. The second-order valence-electron chi connectivity index (χ2n) is 7.15. The summed E-state index contributed by atoms with van der Waals surface area (Å²) in [4.78, 5) is 13.5. The average molecular weight is 384 g/mol. The van der Waals surface area contributed by atoms with Gasteiger partial charge in [-0.3, -0.25) is 4.90 Å². The molecule has 0 amide bonds. The highest BCUT2D eigenvalue weighted by Crippen LogP contribution is 2.20. The SMILES string of the molecule is CCCCCCN(Cc1ccc(C(=O)O)cc1)CC(OCC)c1ccccc1. The van der Waals surface area contributed by atoms with E-state index < -0.39 is 5.97 Å². The van der Waals surface area contributed by atoms with Crippen molar-refractivity contribution in [2.45, 2.75) is 52.2 Å². The molecule has 4 heteroatoms. The lowest BCUT2D eigenvalue weighted by Gasteiger charge is -2.28. The number of hydrogen-bond donors (Lipinski definition) is 1. The Kier molecular flexibility index (Phi) is 9.73. The molecule has 0 spiro atoms. The van der Waals surface area contributed by atoms with Crippen LogP contribution in [0.2, 0.25) is 0 Å². The van der Waals surface area contributed by atoms with E-state index in [1.807, 2.05) is 25.1 Å². The molecule has 0 aliphatic carbocycles. The zero-order valence-electron chi connectivity index (χ0n) is 17.1. The topological polar surface area (TPSA) is 49.8 Å². The Balaban J connectivity index is 2.09. The monoisotopic (exact) mass is 383 g/mol. The summed E-state index contributed by atoms with van der Waals surface area (Å²) in [6.07, 6.45) is 4.91. The molecule has 28 heavy (non-hydrogen) atoms. The van der Waals surface area contributed by atoms with E-state index in [1.54, 1.807) is 12.1 Å². The number of benzene rings is 2. The van der Waals surface area contributed by atoms with Gasteiger partial charge in [-0.05, 0) is 43.1 Å². The van der Waals surface area contributed by atoms with Crippen LogP contribution in [0.15, 0.2) is 54.6 Å². The van der Waals surface area contributed by atoms with Crippen molar-refractivity contribution >= 4 is 5.97 Å². The first-order valence-electron chi connectivity index (χ1n) is 10.3. The summed E-state index contributed by atoms with van der Waals surface area (Å²) in [5.74, 6) is -0.886. The molecule has 1 N–H and O–H groups in total. The molecule has 0 aromatic heterocycles. The fraction of sp³-hybridized carbons (Fsp3) is 0.458. The van der Waals surface area contributed by atoms with E-state index in [0.29, 0.717) is 12.2 Å². The van der Waals surface area contributed by atoms with E-state index >= 15 is 0 Å². The third-order valence-electron chi connectivity index (χ3n) is 4.90. The normalized spacial score (nSPS) is 12.2. The van der Waals surface area contributed by atoms with Crippen molar-refractivity contribution in [3.8, 4) is 0 Å². The van der Waals surface area contributed by atoms with Gasteiger partial charge in [0.15, 0.2) is 0 Å². The van der Waals surface area contributed by atoms with Crippen molar-refractivity contribution < 1.29 is 14.6 Å². The van der Waals surface area contributed by atoms with Crippen molar-refractivity contribution in [2.75, 3.05) is 19.7 Å². The van der Waals surface area contributed by atoms with Crippen LogP contribution in [-0.4, -0.2) is 35.7 Å². The fourth-order valence-corrected chi connectivity index (χ4v) is 3.37. The minimum atomic E-state index is -0.886. The van der Waals surface area contributed by atoms with Crippen molar-refractivity contribution in [2.24, 2.45) is 0 Å². The van der Waals surface area contributed by atoms with Gasteiger partial charge in [0.1, 0.15) is 0 Å².